The van der Waals surface area contributed by atoms with Gasteiger partial charge in [0.15, 0.2) is 5.13 Å². The van der Waals surface area contributed by atoms with Crippen LogP contribution in [0.5, 0.6) is 11.5 Å². The molecule has 4 aromatic rings. The zero-order valence-corrected chi connectivity index (χ0v) is 16.5. The molecule has 0 aliphatic heterocycles. The minimum absolute atomic E-state index is 0.133. The van der Waals surface area contributed by atoms with Crippen LogP contribution in [0.1, 0.15) is 16.1 Å². The molecule has 0 saturated heterocycles. The first kappa shape index (κ1) is 18.9. The molecule has 0 aliphatic carbocycles. The van der Waals surface area contributed by atoms with Crippen molar-refractivity contribution in [3.05, 3.63) is 71.9 Å². The Labute approximate surface area is 170 Å². The van der Waals surface area contributed by atoms with E-state index in [1.165, 1.54) is 42.8 Å². The van der Waals surface area contributed by atoms with Gasteiger partial charge < -0.3 is 13.9 Å². The van der Waals surface area contributed by atoms with Crippen molar-refractivity contribution < 1.29 is 23.1 Å². The maximum atomic E-state index is 14.2. The van der Waals surface area contributed by atoms with Gasteiger partial charge in [0.2, 0.25) is 0 Å². The molecule has 0 spiro atoms. The summed E-state index contributed by atoms with van der Waals surface area (Å²) in [4.78, 5) is 19.3. The van der Waals surface area contributed by atoms with Crippen LogP contribution in [-0.2, 0) is 6.54 Å². The van der Waals surface area contributed by atoms with E-state index in [2.05, 4.69) is 4.98 Å². The summed E-state index contributed by atoms with van der Waals surface area (Å²) in [7, 11) is 3.01. The number of ether oxygens (including phenoxy) is 2. The fraction of sp³-hybridized carbons (Fsp3) is 0.143. The van der Waals surface area contributed by atoms with E-state index in [4.69, 9.17) is 13.9 Å². The normalized spacial score (nSPS) is 10.9. The topological polar surface area (TPSA) is 64.8 Å². The number of amides is 1. The van der Waals surface area contributed by atoms with Gasteiger partial charge in [0.1, 0.15) is 28.6 Å². The van der Waals surface area contributed by atoms with Crippen molar-refractivity contribution in [3.8, 4) is 11.5 Å². The summed E-state index contributed by atoms with van der Waals surface area (Å²) in [5, 5.41) is 0.358. The first-order valence-electron chi connectivity index (χ1n) is 8.72. The Morgan fingerprint density at radius 2 is 2.03 bits per heavy atom. The van der Waals surface area contributed by atoms with E-state index in [0.717, 1.165) is 0 Å². The molecule has 0 aliphatic rings. The third-order valence-electron chi connectivity index (χ3n) is 4.37. The number of rotatable bonds is 6. The van der Waals surface area contributed by atoms with Crippen LogP contribution in [0.15, 0.2) is 59.2 Å². The quantitative estimate of drug-likeness (QED) is 0.451. The van der Waals surface area contributed by atoms with Crippen LogP contribution in [0.3, 0.4) is 0 Å². The number of thiazole rings is 1. The molecule has 29 heavy (non-hydrogen) atoms. The Morgan fingerprint density at radius 1 is 1.17 bits per heavy atom. The third-order valence-corrected chi connectivity index (χ3v) is 5.41. The molecule has 2 heterocycles. The van der Waals surface area contributed by atoms with Gasteiger partial charge in [-0.25, -0.2) is 9.37 Å². The Bertz CT molecular complexity index is 1160. The lowest BCUT2D eigenvalue weighted by Crippen LogP contribution is -2.30. The van der Waals surface area contributed by atoms with Crippen LogP contribution in [0.25, 0.3) is 10.2 Å². The second kappa shape index (κ2) is 7.92. The molecule has 4 rings (SSSR count). The average molecular weight is 412 g/mol. The number of hydrogen-bond donors (Lipinski definition) is 0. The SMILES string of the molecule is COc1ccc(OC)c(C(=O)N(Cc2ccco2)c2nc3c(F)cccc3s2)c1. The maximum absolute atomic E-state index is 14.2. The highest BCUT2D eigenvalue weighted by molar-refractivity contribution is 7.22. The van der Waals surface area contributed by atoms with Gasteiger partial charge in [0, 0.05) is 0 Å². The number of para-hydroxylation sites is 1. The predicted molar refractivity (Wildman–Crippen MR) is 108 cm³/mol. The van der Waals surface area contributed by atoms with E-state index in [1.807, 2.05) is 0 Å². The van der Waals surface area contributed by atoms with Crippen LogP contribution in [0, 0.1) is 5.82 Å². The van der Waals surface area contributed by atoms with Gasteiger partial charge in [-0.3, -0.25) is 9.69 Å². The molecule has 148 valence electrons. The number of anilines is 1. The monoisotopic (exact) mass is 412 g/mol. The van der Waals surface area contributed by atoms with Crippen LogP contribution in [0.4, 0.5) is 9.52 Å². The molecule has 0 N–H and O–H groups in total. The fourth-order valence-electron chi connectivity index (χ4n) is 2.93. The second-order valence-electron chi connectivity index (χ2n) is 6.12. The minimum atomic E-state index is -0.436. The molecular formula is C21H17FN2O4S. The van der Waals surface area contributed by atoms with Crippen molar-refractivity contribution in [1.29, 1.82) is 0 Å². The lowest BCUT2D eigenvalue weighted by atomic mass is 10.1. The van der Waals surface area contributed by atoms with Gasteiger partial charge in [-0.1, -0.05) is 17.4 Å². The summed E-state index contributed by atoms with van der Waals surface area (Å²) >= 11 is 1.23. The fourth-order valence-corrected chi connectivity index (χ4v) is 3.91. The van der Waals surface area contributed by atoms with Crippen molar-refractivity contribution in [2.45, 2.75) is 6.54 Å². The van der Waals surface area contributed by atoms with E-state index in [-0.39, 0.29) is 18.0 Å². The summed E-state index contributed by atoms with van der Waals surface area (Å²) < 4.78 is 30.9. The molecule has 0 fully saturated rings. The number of fused-ring (bicyclic) bond motifs is 1. The average Bonchev–Trinajstić information content (AvgIpc) is 3.41. The number of halogens is 1. The van der Waals surface area contributed by atoms with Gasteiger partial charge in [-0.05, 0) is 42.5 Å². The zero-order valence-electron chi connectivity index (χ0n) is 15.7. The number of aromatic nitrogens is 1. The van der Waals surface area contributed by atoms with Crippen molar-refractivity contribution in [2.75, 3.05) is 19.1 Å². The summed E-state index contributed by atoms with van der Waals surface area (Å²) in [5.41, 5.74) is 0.528. The number of furan rings is 1. The van der Waals surface area contributed by atoms with Crippen LogP contribution < -0.4 is 14.4 Å². The van der Waals surface area contributed by atoms with E-state index in [9.17, 15) is 9.18 Å². The van der Waals surface area contributed by atoms with Crippen molar-refractivity contribution >= 4 is 32.6 Å². The second-order valence-corrected chi connectivity index (χ2v) is 7.13. The molecule has 0 bridgehead atoms. The zero-order chi connectivity index (χ0) is 20.4. The maximum Gasteiger partial charge on any atom is 0.264 e. The first-order valence-corrected chi connectivity index (χ1v) is 9.53. The van der Waals surface area contributed by atoms with Crippen LogP contribution >= 0.6 is 11.3 Å². The molecule has 0 atom stereocenters. The van der Waals surface area contributed by atoms with Crippen molar-refractivity contribution in [3.63, 3.8) is 0 Å². The number of hydrogen-bond acceptors (Lipinski definition) is 6. The number of nitrogens with zero attached hydrogens (tertiary/aromatic N) is 2. The van der Waals surface area contributed by atoms with Gasteiger partial charge >= 0.3 is 0 Å². The van der Waals surface area contributed by atoms with Gasteiger partial charge in [0.25, 0.3) is 5.91 Å². The standard InChI is InChI=1S/C21H17FN2O4S/c1-26-13-8-9-17(27-2)15(11-13)20(25)24(12-14-5-4-10-28-14)21-23-19-16(22)6-3-7-18(19)29-21/h3-11H,12H2,1-2H3. The lowest BCUT2D eigenvalue weighted by Gasteiger charge is -2.20. The highest BCUT2D eigenvalue weighted by atomic mass is 32.1. The highest BCUT2D eigenvalue weighted by Crippen LogP contribution is 2.34. The summed E-state index contributed by atoms with van der Waals surface area (Å²) in [5.74, 6) is 0.681. The number of benzene rings is 2. The molecule has 2 aromatic carbocycles. The van der Waals surface area contributed by atoms with E-state index in [1.54, 1.807) is 42.5 Å². The molecular weight excluding hydrogens is 395 g/mol. The van der Waals surface area contributed by atoms with Gasteiger partial charge in [-0.2, -0.15) is 0 Å². The van der Waals surface area contributed by atoms with Crippen molar-refractivity contribution in [1.82, 2.24) is 4.98 Å². The van der Waals surface area contributed by atoms with E-state index >= 15 is 0 Å². The molecule has 0 saturated carbocycles. The molecule has 0 unspecified atom stereocenters. The summed E-state index contributed by atoms with van der Waals surface area (Å²) in [6.07, 6.45) is 1.53. The molecule has 1 amide bonds. The molecule has 6 nitrogen and oxygen atoms in total. The van der Waals surface area contributed by atoms with E-state index in [0.29, 0.717) is 32.7 Å². The largest absolute Gasteiger partial charge is 0.497 e. The van der Waals surface area contributed by atoms with Crippen LogP contribution in [0.2, 0.25) is 0 Å². The minimum Gasteiger partial charge on any atom is -0.497 e. The number of carbonyl (C=O) groups is 1. The summed E-state index contributed by atoms with van der Waals surface area (Å²) in [6.45, 7) is 0.133. The lowest BCUT2D eigenvalue weighted by molar-refractivity contribution is 0.0980. The molecule has 8 heteroatoms. The number of methoxy groups -OCH3 is 2. The molecule has 2 aromatic heterocycles. The number of carbonyl (C=O) groups excluding carboxylic acids is 1. The summed E-state index contributed by atoms with van der Waals surface area (Å²) in [6, 6.07) is 13.2. The molecule has 0 radical (unpaired) electrons. The Kier molecular flexibility index (Phi) is 5.18. The van der Waals surface area contributed by atoms with Gasteiger partial charge in [0.05, 0.1) is 37.3 Å². The third kappa shape index (κ3) is 3.66. The smallest absolute Gasteiger partial charge is 0.264 e. The first-order chi connectivity index (χ1) is 14.1. The van der Waals surface area contributed by atoms with Gasteiger partial charge in [-0.15, -0.1) is 0 Å². The highest BCUT2D eigenvalue weighted by Gasteiger charge is 2.26. The Morgan fingerprint density at radius 3 is 2.72 bits per heavy atom. The Hall–Kier alpha value is -3.39. The van der Waals surface area contributed by atoms with Crippen molar-refractivity contribution in [2.24, 2.45) is 0 Å². The Balaban J connectivity index is 1.82. The van der Waals surface area contributed by atoms with E-state index < -0.39 is 5.82 Å². The van der Waals surface area contributed by atoms with Crippen LogP contribution in [-0.4, -0.2) is 25.1 Å². The predicted octanol–water partition coefficient (Wildman–Crippen LogP) is 4.89.